The summed E-state index contributed by atoms with van der Waals surface area (Å²) >= 11 is 0. The number of hydrogen-bond donors (Lipinski definition) is 2. The smallest absolute Gasteiger partial charge is 0.462 e. The molecule has 0 saturated carbocycles. The van der Waals surface area contributed by atoms with Crippen LogP contribution in [0.1, 0.15) is 303 Å². The van der Waals surface area contributed by atoms with Crippen LogP contribution in [0.2, 0.25) is 0 Å². The molecule has 0 aromatic heterocycles. The zero-order valence-corrected chi connectivity index (χ0v) is 52.4. The summed E-state index contributed by atoms with van der Waals surface area (Å²) in [5, 5.41) is 9.82. The Morgan fingerprint density at radius 3 is 1.09 bits per heavy atom. The summed E-state index contributed by atoms with van der Waals surface area (Å²) in [5.74, 6) is -1.59. The molecule has 11 nitrogen and oxygen atoms in total. The number of aliphatic hydroxyl groups excluding tert-OH is 1. The Bertz CT molecular complexity index is 1620. The average molecular weight is 1150 g/mol. The molecule has 0 amide bonds. The van der Waals surface area contributed by atoms with E-state index in [-0.39, 0.29) is 25.9 Å². The fraction of sp³-hybridized carbons (Fsp3) is 0.779. The van der Waals surface area contributed by atoms with Gasteiger partial charge in [0.05, 0.1) is 26.2 Å². The maximum absolute atomic E-state index is 13.0. The van der Waals surface area contributed by atoms with Crippen LogP contribution in [0.5, 0.6) is 0 Å². The number of aliphatic hydroxyl groups is 1. The Morgan fingerprint density at radius 1 is 0.375 bits per heavy atom. The minimum Gasteiger partial charge on any atom is -0.462 e. The predicted octanol–water partition coefficient (Wildman–Crippen LogP) is 20.0. The Balaban J connectivity index is 4.74. The molecule has 80 heavy (non-hydrogen) atoms. The van der Waals surface area contributed by atoms with Crippen LogP contribution < -0.4 is 0 Å². The molecule has 0 aromatic carbocycles. The van der Waals surface area contributed by atoms with Crippen LogP contribution in [-0.4, -0.2) is 66.5 Å². The molecule has 0 bridgehead atoms. The quantitative estimate of drug-likeness (QED) is 0.0197. The summed E-state index contributed by atoms with van der Waals surface area (Å²) in [7, 11) is -4.78. The molecule has 0 saturated heterocycles. The van der Waals surface area contributed by atoms with Crippen molar-refractivity contribution in [2.75, 3.05) is 26.4 Å². The van der Waals surface area contributed by atoms with Gasteiger partial charge in [-0.2, -0.15) is 0 Å². The van der Waals surface area contributed by atoms with Gasteiger partial charge in [0.1, 0.15) is 12.7 Å². The number of rotatable bonds is 61. The number of esters is 3. The van der Waals surface area contributed by atoms with Crippen molar-refractivity contribution in [2.24, 2.45) is 0 Å². The lowest BCUT2D eigenvalue weighted by Crippen LogP contribution is -2.30. The molecule has 0 aliphatic heterocycles. The van der Waals surface area contributed by atoms with Gasteiger partial charge in [-0.15, -0.1) is 0 Å². The number of hydrogen-bond acceptors (Lipinski definition) is 10. The molecule has 0 heterocycles. The highest BCUT2D eigenvalue weighted by molar-refractivity contribution is 7.47. The van der Waals surface area contributed by atoms with E-state index in [1.54, 1.807) is 6.08 Å². The molecule has 12 heteroatoms. The molecule has 3 atom stereocenters. The zero-order chi connectivity index (χ0) is 58.3. The van der Waals surface area contributed by atoms with Crippen LogP contribution in [0.3, 0.4) is 0 Å². The van der Waals surface area contributed by atoms with Crippen molar-refractivity contribution in [1.29, 1.82) is 0 Å². The number of phosphoric ester groups is 1. The molecule has 0 spiro atoms. The summed E-state index contributed by atoms with van der Waals surface area (Å²) in [6.45, 7) is 4.47. The van der Waals surface area contributed by atoms with Gasteiger partial charge in [-0.3, -0.25) is 23.4 Å². The van der Waals surface area contributed by atoms with Gasteiger partial charge in [0.2, 0.25) is 0 Å². The molecular weight excluding hydrogens is 1020 g/mol. The fourth-order valence-corrected chi connectivity index (χ4v) is 9.98. The van der Waals surface area contributed by atoms with E-state index in [0.717, 1.165) is 64.2 Å². The standard InChI is InChI=1S/C68H121O11P/c1-4-7-10-13-16-19-22-25-28-30-32-34-37-39-42-45-48-51-54-57-66(70)75-61-65(79-68(72)59-56-53-50-47-44-41-38-35-33-31-29-26-23-20-17-14-11-8-5-2)63-77-80(73,74)76-62-64(60-69)78-67(71)58-55-52-49-46-43-40-36-27-24-21-18-15-12-9-6-3/h9,12,18,21,25,27-28,36,43,46,52,55,64-65,69H,4-8,10-11,13-17,19-20,22-24,26,29-35,37-42,44-45,47-51,53-54,56-63H2,1-3H3,(H,73,74)/b12-9-,21-18-,28-25-,36-27-,46-43-,55-52-. The van der Waals surface area contributed by atoms with Crippen molar-refractivity contribution in [3.8, 4) is 0 Å². The van der Waals surface area contributed by atoms with Crippen molar-refractivity contribution in [1.82, 2.24) is 0 Å². The lowest BCUT2D eigenvalue weighted by molar-refractivity contribution is -0.161. The predicted molar refractivity (Wildman–Crippen MR) is 335 cm³/mol. The molecule has 0 radical (unpaired) electrons. The first kappa shape index (κ1) is 76.9. The van der Waals surface area contributed by atoms with Gasteiger partial charge < -0.3 is 24.2 Å². The minimum absolute atomic E-state index is 0.0549. The third-order valence-corrected chi connectivity index (χ3v) is 15.1. The van der Waals surface area contributed by atoms with Crippen LogP contribution >= 0.6 is 7.82 Å². The average Bonchev–Trinajstić information content (AvgIpc) is 3.45. The highest BCUT2D eigenvalue weighted by Gasteiger charge is 2.28. The van der Waals surface area contributed by atoms with Gasteiger partial charge in [0.25, 0.3) is 0 Å². The minimum atomic E-state index is -4.78. The van der Waals surface area contributed by atoms with Gasteiger partial charge in [-0.1, -0.05) is 286 Å². The van der Waals surface area contributed by atoms with Crippen LogP contribution in [-0.2, 0) is 42.2 Å². The molecule has 3 unspecified atom stereocenters. The van der Waals surface area contributed by atoms with E-state index in [0.29, 0.717) is 19.3 Å². The van der Waals surface area contributed by atoms with Crippen LogP contribution in [0.15, 0.2) is 72.9 Å². The van der Waals surface area contributed by atoms with Crippen LogP contribution in [0.4, 0.5) is 0 Å². The second kappa shape index (κ2) is 62.0. The number of phosphoric acid groups is 1. The first-order valence-electron chi connectivity index (χ1n) is 32.8. The fourth-order valence-electron chi connectivity index (χ4n) is 9.19. The first-order chi connectivity index (χ1) is 39.2. The summed E-state index contributed by atoms with van der Waals surface area (Å²) < 4.78 is 39.6. The molecular formula is C68H121O11P. The molecule has 0 rings (SSSR count). The Morgan fingerprint density at radius 2 is 0.700 bits per heavy atom. The summed E-state index contributed by atoms with van der Waals surface area (Å²) in [6.07, 6.45) is 71.7. The maximum atomic E-state index is 13.0. The van der Waals surface area contributed by atoms with E-state index in [1.165, 1.54) is 180 Å². The van der Waals surface area contributed by atoms with Crippen molar-refractivity contribution in [3.05, 3.63) is 72.9 Å². The Hall–Kier alpha value is -3.08. The molecule has 0 fully saturated rings. The SMILES string of the molecule is CC/C=C\C/C=C\C/C=C\C/C=C\C/C=C\CC(=O)OC(CO)COP(=O)(O)OCC(COC(=O)CCCCCCCCCCC/C=C\CCCCCCCC)OC(=O)CCCCCCCCCCCCCCCCCCCCC. The Kier molecular flexibility index (Phi) is 59.6. The molecule has 0 aliphatic carbocycles. The first-order valence-corrected chi connectivity index (χ1v) is 34.3. The number of unbranched alkanes of at least 4 members (excludes halogenated alkanes) is 33. The van der Waals surface area contributed by atoms with E-state index in [1.807, 2.05) is 18.2 Å². The third-order valence-electron chi connectivity index (χ3n) is 14.1. The van der Waals surface area contributed by atoms with E-state index in [9.17, 15) is 28.9 Å². The number of ether oxygens (including phenoxy) is 3. The monoisotopic (exact) mass is 1140 g/mol. The number of allylic oxidation sites excluding steroid dienone is 11. The van der Waals surface area contributed by atoms with E-state index < -0.39 is 57.8 Å². The highest BCUT2D eigenvalue weighted by atomic mass is 31.2. The largest absolute Gasteiger partial charge is 0.472 e. The van der Waals surface area contributed by atoms with Crippen molar-refractivity contribution < 1.29 is 52.2 Å². The van der Waals surface area contributed by atoms with Crippen LogP contribution in [0.25, 0.3) is 0 Å². The van der Waals surface area contributed by atoms with Crippen molar-refractivity contribution in [3.63, 3.8) is 0 Å². The molecule has 464 valence electrons. The van der Waals surface area contributed by atoms with Crippen LogP contribution in [0, 0.1) is 0 Å². The highest BCUT2D eigenvalue weighted by Crippen LogP contribution is 2.43. The molecule has 0 aliphatic rings. The Labute approximate surface area is 490 Å². The normalized spacial score (nSPS) is 13.7. The lowest BCUT2D eigenvalue weighted by Gasteiger charge is -2.21. The van der Waals surface area contributed by atoms with Crippen molar-refractivity contribution >= 4 is 25.7 Å². The van der Waals surface area contributed by atoms with E-state index in [4.69, 9.17) is 23.3 Å². The molecule has 0 aromatic rings. The maximum Gasteiger partial charge on any atom is 0.472 e. The van der Waals surface area contributed by atoms with Gasteiger partial charge in [0.15, 0.2) is 6.10 Å². The summed E-state index contributed by atoms with van der Waals surface area (Å²) in [4.78, 5) is 48.7. The lowest BCUT2D eigenvalue weighted by atomic mass is 10.0. The number of carbonyl (C=O) groups is 3. The van der Waals surface area contributed by atoms with Gasteiger partial charge >= 0.3 is 25.7 Å². The van der Waals surface area contributed by atoms with E-state index in [2.05, 4.69) is 69.4 Å². The van der Waals surface area contributed by atoms with Gasteiger partial charge in [-0.05, 0) is 70.6 Å². The summed E-state index contributed by atoms with van der Waals surface area (Å²) in [6, 6.07) is 0. The van der Waals surface area contributed by atoms with E-state index >= 15 is 0 Å². The zero-order valence-electron chi connectivity index (χ0n) is 51.5. The topological polar surface area (TPSA) is 155 Å². The van der Waals surface area contributed by atoms with Gasteiger partial charge in [0, 0.05) is 12.8 Å². The summed E-state index contributed by atoms with van der Waals surface area (Å²) in [5.41, 5.74) is 0. The van der Waals surface area contributed by atoms with Crippen molar-refractivity contribution in [2.45, 2.75) is 315 Å². The third kappa shape index (κ3) is 59.5. The molecule has 2 N–H and O–H groups in total. The number of carbonyl (C=O) groups excluding carboxylic acids is 3. The second-order valence-electron chi connectivity index (χ2n) is 21.9. The second-order valence-corrected chi connectivity index (χ2v) is 23.4. The van der Waals surface area contributed by atoms with Gasteiger partial charge in [-0.25, -0.2) is 4.57 Å².